The van der Waals surface area contributed by atoms with E-state index in [1.54, 1.807) is 55.5 Å². The van der Waals surface area contributed by atoms with E-state index in [0.717, 1.165) is 11.6 Å². The molecule has 0 heterocycles. The zero-order valence-electron chi connectivity index (χ0n) is 20.7. The number of carbonyl (C=O) groups is 3. The summed E-state index contributed by atoms with van der Waals surface area (Å²) in [6.07, 6.45) is 2.47. The Labute approximate surface area is 225 Å². The molecule has 7 nitrogen and oxygen atoms in total. The summed E-state index contributed by atoms with van der Waals surface area (Å²) < 4.78 is 21.3. The second-order valence-corrected chi connectivity index (χ2v) is 8.18. The largest absolute Gasteiger partial charge is 0.494 e. The summed E-state index contributed by atoms with van der Waals surface area (Å²) in [6, 6.07) is 17.5. The van der Waals surface area contributed by atoms with Crippen LogP contribution in [0.15, 0.2) is 79.4 Å². The minimum Gasteiger partial charge on any atom is -0.494 e. The summed E-state index contributed by atoms with van der Waals surface area (Å²) in [5.41, 5.74) is 1.24. The molecule has 0 aliphatic rings. The zero-order valence-corrected chi connectivity index (χ0v) is 21.5. The van der Waals surface area contributed by atoms with Crippen molar-refractivity contribution in [2.45, 2.75) is 19.8 Å². The Balaban J connectivity index is 1.49. The van der Waals surface area contributed by atoms with Crippen LogP contribution < -0.4 is 14.2 Å². The fourth-order valence-electron chi connectivity index (χ4n) is 3.12. The topological polar surface area (TPSA) is 88.1 Å². The van der Waals surface area contributed by atoms with Gasteiger partial charge in [-0.2, -0.15) is 0 Å². The van der Waals surface area contributed by atoms with Crippen molar-refractivity contribution in [3.05, 3.63) is 101 Å². The number of rotatable bonds is 11. The first kappa shape index (κ1) is 28.0. The summed E-state index contributed by atoms with van der Waals surface area (Å²) in [6.45, 7) is 5.80. The molecule has 3 aromatic carbocycles. The standard InChI is InChI=1S/C30H25ClO7/c1-3-7-21-8-12-24(13-9-21)37-30(34)26-17-16-25(20-27(26)31)38-29(33)22-10-14-23(15-11-22)35-18-5-6-19-36-28(32)4-2/h4,8-17,20H,2,5-6,18-19H2,1H3. The third-order valence-electron chi connectivity index (χ3n) is 5.01. The predicted molar refractivity (Wildman–Crippen MR) is 143 cm³/mol. The van der Waals surface area contributed by atoms with Gasteiger partial charge in [-0.25, -0.2) is 14.4 Å². The first-order valence-electron chi connectivity index (χ1n) is 11.7. The quantitative estimate of drug-likeness (QED) is 0.0978. The summed E-state index contributed by atoms with van der Waals surface area (Å²) in [5, 5.41) is 0.0803. The van der Waals surface area contributed by atoms with Crippen molar-refractivity contribution in [1.29, 1.82) is 0 Å². The van der Waals surface area contributed by atoms with Gasteiger partial charge in [0.25, 0.3) is 0 Å². The van der Waals surface area contributed by atoms with Crippen LogP contribution in [0.3, 0.4) is 0 Å². The minimum atomic E-state index is -0.643. The van der Waals surface area contributed by atoms with E-state index in [-0.39, 0.29) is 16.3 Å². The fraction of sp³-hybridized carbons (Fsp3) is 0.167. The van der Waals surface area contributed by atoms with Gasteiger partial charge in [-0.15, -0.1) is 5.92 Å². The van der Waals surface area contributed by atoms with Crippen molar-refractivity contribution < 1.29 is 33.3 Å². The average molecular weight is 533 g/mol. The second-order valence-electron chi connectivity index (χ2n) is 7.77. The van der Waals surface area contributed by atoms with Crippen LogP contribution >= 0.6 is 11.6 Å². The number of esters is 3. The summed E-state index contributed by atoms with van der Waals surface area (Å²) >= 11 is 6.25. The number of hydrogen-bond donors (Lipinski definition) is 0. The van der Waals surface area contributed by atoms with E-state index >= 15 is 0 Å². The molecule has 8 heteroatoms. The first-order valence-corrected chi connectivity index (χ1v) is 12.1. The molecule has 0 atom stereocenters. The van der Waals surface area contributed by atoms with Crippen LogP contribution in [0.5, 0.6) is 17.2 Å². The number of carbonyl (C=O) groups excluding carboxylic acids is 3. The Morgan fingerprint density at radius 1 is 0.842 bits per heavy atom. The second kappa shape index (κ2) is 14.3. The van der Waals surface area contributed by atoms with Crippen molar-refractivity contribution in [1.82, 2.24) is 0 Å². The molecule has 0 spiro atoms. The van der Waals surface area contributed by atoms with E-state index in [2.05, 4.69) is 18.4 Å². The lowest BCUT2D eigenvalue weighted by Gasteiger charge is -2.09. The predicted octanol–water partition coefficient (Wildman–Crippen LogP) is 6.04. The third-order valence-corrected chi connectivity index (χ3v) is 5.33. The van der Waals surface area contributed by atoms with Gasteiger partial charge in [0.2, 0.25) is 0 Å². The van der Waals surface area contributed by atoms with Crippen LogP contribution in [0.1, 0.15) is 46.0 Å². The van der Waals surface area contributed by atoms with Crippen LogP contribution in [0.2, 0.25) is 5.02 Å². The van der Waals surface area contributed by atoms with E-state index < -0.39 is 17.9 Å². The number of hydrogen-bond acceptors (Lipinski definition) is 7. The van der Waals surface area contributed by atoms with Gasteiger partial charge in [0.1, 0.15) is 17.2 Å². The van der Waals surface area contributed by atoms with Crippen molar-refractivity contribution >= 4 is 29.5 Å². The normalized spacial score (nSPS) is 9.95. The Kier molecular flexibility index (Phi) is 10.5. The molecule has 0 aromatic heterocycles. The lowest BCUT2D eigenvalue weighted by Crippen LogP contribution is -2.11. The molecule has 3 rings (SSSR count). The van der Waals surface area contributed by atoms with Crippen molar-refractivity contribution in [3.8, 4) is 29.1 Å². The molecule has 0 N–H and O–H groups in total. The molecule has 3 aromatic rings. The number of halogens is 1. The first-order chi connectivity index (χ1) is 18.4. The van der Waals surface area contributed by atoms with Crippen molar-refractivity contribution in [3.63, 3.8) is 0 Å². The zero-order chi connectivity index (χ0) is 27.3. The molecule has 38 heavy (non-hydrogen) atoms. The maximum Gasteiger partial charge on any atom is 0.345 e. The summed E-state index contributed by atoms with van der Waals surface area (Å²) in [5.74, 6) is 5.13. The van der Waals surface area contributed by atoms with Crippen molar-refractivity contribution in [2.75, 3.05) is 13.2 Å². The molecule has 0 unspecified atom stereocenters. The fourth-order valence-corrected chi connectivity index (χ4v) is 3.36. The van der Waals surface area contributed by atoms with Crippen LogP contribution in [0.4, 0.5) is 0 Å². The Bertz CT molecular complexity index is 1350. The van der Waals surface area contributed by atoms with Gasteiger partial charge in [0.05, 0.1) is 29.4 Å². The minimum absolute atomic E-state index is 0.0803. The summed E-state index contributed by atoms with van der Waals surface area (Å²) in [4.78, 5) is 36.0. The van der Waals surface area contributed by atoms with Gasteiger partial charge in [-0.3, -0.25) is 0 Å². The molecule has 0 bridgehead atoms. The molecule has 0 saturated carbocycles. The van der Waals surface area contributed by atoms with Gasteiger partial charge in [-0.05, 0) is 80.4 Å². The maximum atomic E-state index is 12.5. The molecule has 194 valence electrons. The van der Waals surface area contributed by atoms with Gasteiger partial charge in [-0.1, -0.05) is 24.1 Å². The number of ether oxygens (including phenoxy) is 4. The van der Waals surface area contributed by atoms with E-state index in [0.29, 0.717) is 43.1 Å². The molecule has 0 fully saturated rings. The highest BCUT2D eigenvalue weighted by atomic mass is 35.5. The van der Waals surface area contributed by atoms with Crippen LogP contribution in [0, 0.1) is 11.8 Å². The monoisotopic (exact) mass is 532 g/mol. The molecule has 0 radical (unpaired) electrons. The lowest BCUT2D eigenvalue weighted by molar-refractivity contribution is -0.137. The molecule has 0 saturated heterocycles. The molecule has 0 aliphatic heterocycles. The van der Waals surface area contributed by atoms with Crippen LogP contribution in [0.25, 0.3) is 0 Å². The van der Waals surface area contributed by atoms with E-state index in [9.17, 15) is 14.4 Å². The SMILES string of the molecule is C=CC(=O)OCCCCOc1ccc(C(=O)Oc2ccc(C(=O)Oc3ccc(C#CC)cc3)c(Cl)c2)cc1. The Morgan fingerprint density at radius 2 is 1.47 bits per heavy atom. The molecular formula is C30H25ClO7. The lowest BCUT2D eigenvalue weighted by atomic mass is 10.2. The molecule has 0 amide bonds. The van der Waals surface area contributed by atoms with E-state index in [1.807, 2.05) is 0 Å². The van der Waals surface area contributed by atoms with E-state index in [1.165, 1.54) is 18.2 Å². The highest BCUT2D eigenvalue weighted by molar-refractivity contribution is 6.33. The summed E-state index contributed by atoms with van der Waals surface area (Å²) in [7, 11) is 0. The van der Waals surface area contributed by atoms with Crippen LogP contribution in [-0.4, -0.2) is 31.1 Å². The maximum absolute atomic E-state index is 12.5. The van der Waals surface area contributed by atoms with Crippen molar-refractivity contribution in [2.24, 2.45) is 0 Å². The highest BCUT2D eigenvalue weighted by Gasteiger charge is 2.16. The van der Waals surface area contributed by atoms with E-state index in [4.69, 9.17) is 30.5 Å². The van der Waals surface area contributed by atoms with Gasteiger partial charge >= 0.3 is 17.9 Å². The Hall–Kier alpha value is -4.54. The highest BCUT2D eigenvalue weighted by Crippen LogP contribution is 2.25. The third kappa shape index (κ3) is 8.54. The number of benzene rings is 3. The Morgan fingerprint density at radius 3 is 2.13 bits per heavy atom. The average Bonchev–Trinajstić information content (AvgIpc) is 2.92. The molecular weight excluding hydrogens is 508 g/mol. The number of unbranched alkanes of at least 4 members (excludes halogenated alkanes) is 1. The molecule has 0 aliphatic carbocycles. The smallest absolute Gasteiger partial charge is 0.345 e. The van der Waals surface area contributed by atoms with Gasteiger partial charge in [0.15, 0.2) is 0 Å². The van der Waals surface area contributed by atoms with Gasteiger partial charge in [0, 0.05) is 17.7 Å². The van der Waals surface area contributed by atoms with Gasteiger partial charge < -0.3 is 18.9 Å². The van der Waals surface area contributed by atoms with Crippen LogP contribution in [-0.2, 0) is 9.53 Å².